The first-order valence-corrected chi connectivity index (χ1v) is 5.67. The molecule has 2 heterocycles. The van der Waals surface area contributed by atoms with E-state index < -0.39 is 0 Å². The van der Waals surface area contributed by atoms with E-state index in [4.69, 9.17) is 9.47 Å². The van der Waals surface area contributed by atoms with Crippen molar-refractivity contribution in [3.8, 4) is 12.0 Å². The summed E-state index contributed by atoms with van der Waals surface area (Å²) in [5.74, 6) is 0.719. The molecule has 0 spiro atoms. The van der Waals surface area contributed by atoms with Gasteiger partial charge in [0.2, 0.25) is 5.95 Å². The van der Waals surface area contributed by atoms with Crippen LogP contribution >= 0.6 is 0 Å². The van der Waals surface area contributed by atoms with Gasteiger partial charge in [-0.3, -0.25) is 0 Å². The molecule has 9 heteroatoms. The Morgan fingerprint density at radius 2 is 2.21 bits per heavy atom. The minimum atomic E-state index is -0.166. The molecule has 0 saturated carbocycles. The number of methoxy groups -OCH3 is 1. The van der Waals surface area contributed by atoms with Crippen molar-refractivity contribution in [1.82, 2.24) is 29.7 Å². The van der Waals surface area contributed by atoms with Crippen molar-refractivity contribution in [3.05, 3.63) is 12.7 Å². The van der Waals surface area contributed by atoms with Gasteiger partial charge >= 0.3 is 6.01 Å². The third-order valence-electron chi connectivity index (χ3n) is 2.16. The molecule has 2 rings (SSSR count). The maximum Gasteiger partial charge on any atom is 0.323 e. The SMILES string of the molecule is CNc1nc(OC(C)COC)nc(-n2cncn2)n1. The molecule has 0 saturated heterocycles. The van der Waals surface area contributed by atoms with Crippen molar-refractivity contribution >= 4 is 5.95 Å². The van der Waals surface area contributed by atoms with Gasteiger partial charge in [0, 0.05) is 14.2 Å². The standard InChI is InChI=1S/C10H15N7O2/c1-7(4-18-3)19-10-15-8(11-2)14-9(16-10)17-6-12-5-13-17/h5-7H,4H2,1-3H3,(H,11,14,15,16). The summed E-state index contributed by atoms with van der Waals surface area (Å²) in [7, 11) is 3.32. The van der Waals surface area contributed by atoms with Crippen LogP contribution in [0.25, 0.3) is 5.95 Å². The van der Waals surface area contributed by atoms with Gasteiger partial charge < -0.3 is 14.8 Å². The van der Waals surface area contributed by atoms with Gasteiger partial charge in [0.15, 0.2) is 0 Å². The van der Waals surface area contributed by atoms with Gasteiger partial charge in [-0.15, -0.1) is 0 Å². The van der Waals surface area contributed by atoms with E-state index in [1.54, 1.807) is 14.2 Å². The Kier molecular flexibility index (Phi) is 4.18. The van der Waals surface area contributed by atoms with E-state index in [-0.39, 0.29) is 12.1 Å². The number of hydrogen-bond donors (Lipinski definition) is 1. The normalized spacial score (nSPS) is 12.2. The monoisotopic (exact) mass is 265 g/mol. The molecule has 1 atom stereocenters. The predicted octanol–water partition coefficient (Wildman–Crippen LogP) is -0.0923. The largest absolute Gasteiger partial charge is 0.458 e. The Labute approximate surface area is 110 Å². The minimum absolute atomic E-state index is 0.166. The van der Waals surface area contributed by atoms with Crippen LogP contribution in [0.15, 0.2) is 12.7 Å². The van der Waals surface area contributed by atoms with Gasteiger partial charge in [-0.2, -0.15) is 24.7 Å². The van der Waals surface area contributed by atoms with E-state index >= 15 is 0 Å². The van der Waals surface area contributed by atoms with Gasteiger partial charge in [0.25, 0.3) is 5.95 Å². The fourth-order valence-corrected chi connectivity index (χ4v) is 1.37. The first-order chi connectivity index (χ1) is 9.22. The zero-order valence-corrected chi connectivity index (χ0v) is 10.9. The molecule has 0 aliphatic rings. The molecule has 0 bridgehead atoms. The molecule has 0 aliphatic heterocycles. The summed E-state index contributed by atoms with van der Waals surface area (Å²) < 4.78 is 12.0. The molecule has 2 aromatic heterocycles. The molecule has 102 valence electrons. The zero-order valence-electron chi connectivity index (χ0n) is 10.9. The summed E-state index contributed by atoms with van der Waals surface area (Å²) in [6.45, 7) is 2.31. The van der Waals surface area contributed by atoms with Gasteiger partial charge in [0.1, 0.15) is 18.8 Å². The van der Waals surface area contributed by atoms with Crippen LogP contribution in [0.2, 0.25) is 0 Å². The smallest absolute Gasteiger partial charge is 0.323 e. The van der Waals surface area contributed by atoms with Gasteiger partial charge in [0.05, 0.1) is 6.61 Å². The van der Waals surface area contributed by atoms with Crippen molar-refractivity contribution in [3.63, 3.8) is 0 Å². The second-order valence-corrected chi connectivity index (χ2v) is 3.72. The number of anilines is 1. The zero-order chi connectivity index (χ0) is 13.7. The molecule has 0 aliphatic carbocycles. The second-order valence-electron chi connectivity index (χ2n) is 3.72. The molecule has 0 fully saturated rings. The topological polar surface area (TPSA) is 99.9 Å². The maximum atomic E-state index is 5.55. The Morgan fingerprint density at radius 1 is 1.37 bits per heavy atom. The van der Waals surface area contributed by atoms with Gasteiger partial charge in [-0.1, -0.05) is 0 Å². The fraction of sp³-hybridized carbons (Fsp3) is 0.500. The van der Waals surface area contributed by atoms with Crippen LogP contribution in [0.5, 0.6) is 6.01 Å². The summed E-state index contributed by atoms with van der Waals surface area (Å²) in [6, 6.07) is 0.203. The third-order valence-corrected chi connectivity index (χ3v) is 2.16. The number of hydrogen-bond acceptors (Lipinski definition) is 8. The highest BCUT2D eigenvalue weighted by Crippen LogP contribution is 2.11. The molecule has 0 aromatic carbocycles. The first kappa shape index (κ1) is 13.1. The van der Waals surface area contributed by atoms with Crippen molar-refractivity contribution in [2.45, 2.75) is 13.0 Å². The molecule has 1 unspecified atom stereocenters. The van der Waals surface area contributed by atoms with Crippen LogP contribution in [0.4, 0.5) is 5.95 Å². The molecule has 19 heavy (non-hydrogen) atoms. The van der Waals surface area contributed by atoms with Crippen LogP contribution in [-0.4, -0.2) is 56.6 Å². The Bertz CT molecular complexity index is 517. The lowest BCUT2D eigenvalue weighted by molar-refractivity contribution is 0.0854. The fourth-order valence-electron chi connectivity index (χ4n) is 1.37. The van der Waals surface area contributed by atoms with Crippen LogP contribution in [0.1, 0.15) is 6.92 Å². The van der Waals surface area contributed by atoms with Crippen molar-refractivity contribution in [2.24, 2.45) is 0 Å². The van der Waals surface area contributed by atoms with E-state index in [9.17, 15) is 0 Å². The maximum absolute atomic E-state index is 5.55. The van der Waals surface area contributed by atoms with Gasteiger partial charge in [-0.05, 0) is 6.92 Å². The second kappa shape index (κ2) is 6.05. The lowest BCUT2D eigenvalue weighted by Crippen LogP contribution is -2.20. The lowest BCUT2D eigenvalue weighted by atomic mass is 10.4. The predicted molar refractivity (Wildman–Crippen MR) is 66.3 cm³/mol. The van der Waals surface area contributed by atoms with E-state index in [1.807, 2.05) is 6.92 Å². The van der Waals surface area contributed by atoms with Crippen molar-refractivity contribution in [2.75, 3.05) is 26.1 Å². The number of nitrogens with one attached hydrogen (secondary N) is 1. The van der Waals surface area contributed by atoms with Crippen molar-refractivity contribution < 1.29 is 9.47 Å². The molecule has 2 aromatic rings. The number of nitrogens with zero attached hydrogens (tertiary/aromatic N) is 6. The summed E-state index contributed by atoms with van der Waals surface area (Å²) in [5, 5.41) is 6.80. The summed E-state index contributed by atoms with van der Waals surface area (Å²) in [4.78, 5) is 16.3. The Balaban J connectivity index is 2.26. The highest BCUT2D eigenvalue weighted by atomic mass is 16.5. The molecule has 1 N–H and O–H groups in total. The van der Waals surface area contributed by atoms with E-state index in [2.05, 4.69) is 30.4 Å². The average Bonchev–Trinajstić information content (AvgIpc) is 2.92. The highest BCUT2D eigenvalue weighted by molar-refractivity contribution is 5.28. The highest BCUT2D eigenvalue weighted by Gasteiger charge is 2.11. The average molecular weight is 265 g/mol. The number of rotatable bonds is 6. The first-order valence-electron chi connectivity index (χ1n) is 5.67. The van der Waals surface area contributed by atoms with Gasteiger partial charge in [-0.25, -0.2) is 4.98 Å². The number of ether oxygens (including phenoxy) is 2. The van der Waals surface area contributed by atoms with Crippen molar-refractivity contribution in [1.29, 1.82) is 0 Å². The number of aromatic nitrogens is 6. The van der Waals surface area contributed by atoms with Crippen LogP contribution in [-0.2, 0) is 4.74 Å². The van der Waals surface area contributed by atoms with Crippen LogP contribution in [0.3, 0.4) is 0 Å². The minimum Gasteiger partial charge on any atom is -0.458 e. The van der Waals surface area contributed by atoms with E-state index in [0.29, 0.717) is 18.5 Å². The van der Waals surface area contributed by atoms with E-state index in [1.165, 1.54) is 17.3 Å². The Morgan fingerprint density at radius 3 is 2.84 bits per heavy atom. The van der Waals surface area contributed by atoms with Crippen LogP contribution < -0.4 is 10.1 Å². The lowest BCUT2D eigenvalue weighted by Gasteiger charge is -2.12. The molecular weight excluding hydrogens is 250 g/mol. The molecular formula is C10H15N7O2. The molecule has 9 nitrogen and oxygen atoms in total. The van der Waals surface area contributed by atoms with E-state index in [0.717, 1.165) is 0 Å². The van der Waals surface area contributed by atoms with Crippen LogP contribution in [0, 0.1) is 0 Å². The summed E-state index contributed by atoms with van der Waals surface area (Å²) in [6.07, 6.45) is 2.73. The molecule has 0 radical (unpaired) electrons. The summed E-state index contributed by atoms with van der Waals surface area (Å²) in [5.41, 5.74) is 0. The quantitative estimate of drug-likeness (QED) is 0.773. The molecule has 0 amide bonds. The summed E-state index contributed by atoms with van der Waals surface area (Å²) >= 11 is 0. The Hall–Kier alpha value is -2.29. The third kappa shape index (κ3) is 3.35.